The van der Waals surface area contributed by atoms with Crippen molar-refractivity contribution in [3.8, 4) is 17.2 Å². The fraction of sp³-hybridized carbons (Fsp3) is 0. The normalized spacial score (nSPS) is 12.0. The van der Waals surface area contributed by atoms with Gasteiger partial charge in [0.1, 0.15) is 5.69 Å². The molecule has 0 saturated carbocycles. The number of nitrogens with one attached hydrogen (secondary N) is 1. The molecule has 6 aromatic carbocycles. The van der Waals surface area contributed by atoms with Crippen LogP contribution in [0.4, 0.5) is 62.6 Å². The van der Waals surface area contributed by atoms with Gasteiger partial charge < -0.3 is 39.8 Å². The van der Waals surface area contributed by atoms with Gasteiger partial charge in [-0.25, -0.2) is 25.3 Å². The van der Waals surface area contributed by atoms with Crippen LogP contribution >= 0.6 is 0 Å². The smallest absolute Gasteiger partial charge is 0.716 e. The number of azo groups is 3. The molecule has 0 amide bonds. The third-order valence-corrected chi connectivity index (χ3v) is 10.0. The number of nitro groups is 1. The van der Waals surface area contributed by atoms with Crippen molar-refractivity contribution in [1.29, 1.82) is 0 Å². The van der Waals surface area contributed by atoms with Gasteiger partial charge in [0.25, 0.3) is 36.5 Å². The SMILES string of the molecule is Nc1ccc(N=Nc2ccc(NS(=O)(=O)c3ccc(N=Nc4c(OS(=O)(=O)[O-])cc5cc(OS(=O)(=O)[O-])c(N=Nc6ccc([N+](=O)[O-])cc6)c(N)c5c4O)cc3)cc2)c(N)c1.[Na+].[Na+]. The number of nitro benzene ring substituents is 1. The average Bonchev–Trinajstić information content (AvgIpc) is 3.16. The van der Waals surface area contributed by atoms with Crippen LogP contribution in [0.2, 0.25) is 0 Å². The van der Waals surface area contributed by atoms with Crippen LogP contribution in [0.5, 0.6) is 17.2 Å². The number of rotatable bonds is 14. The topological polar surface area (TPSA) is 395 Å². The van der Waals surface area contributed by atoms with Gasteiger partial charge >= 0.3 is 59.1 Å². The summed E-state index contributed by atoms with van der Waals surface area (Å²) < 4.78 is 107. The quantitative estimate of drug-likeness (QED) is 0.0193. The first-order valence-corrected chi connectivity index (χ1v) is 20.6. The number of phenolic OH excluding ortho intramolecular Hbond substituents is 1. The van der Waals surface area contributed by atoms with Crippen molar-refractivity contribution in [2.75, 3.05) is 21.9 Å². The Balaban J connectivity index is 0.00000436. The minimum Gasteiger partial charge on any atom is -0.716 e. The Morgan fingerprint density at radius 3 is 1.60 bits per heavy atom. The summed E-state index contributed by atoms with van der Waals surface area (Å²) in [6.07, 6.45) is 0. The van der Waals surface area contributed by atoms with Crippen LogP contribution in [0, 0.1) is 10.1 Å². The van der Waals surface area contributed by atoms with Gasteiger partial charge in [-0.1, -0.05) is 0 Å². The Morgan fingerprint density at radius 2 is 1.10 bits per heavy atom. The van der Waals surface area contributed by atoms with Gasteiger partial charge in [0.15, 0.2) is 28.6 Å². The molecule has 0 heterocycles. The molecular weight excluding hydrogens is 913 g/mol. The number of anilines is 4. The van der Waals surface area contributed by atoms with Crippen LogP contribution in [0.25, 0.3) is 10.8 Å². The van der Waals surface area contributed by atoms with Crippen LogP contribution in [-0.4, -0.2) is 44.4 Å². The van der Waals surface area contributed by atoms with Gasteiger partial charge in [0.2, 0.25) is 0 Å². The number of sulfonamides is 1. The zero-order chi connectivity index (χ0) is 44.3. The molecule has 0 atom stereocenters. The number of hydrogen-bond donors (Lipinski definition) is 5. The Labute approximate surface area is 400 Å². The second-order valence-electron chi connectivity index (χ2n) is 12.1. The van der Waals surface area contributed by atoms with Crippen LogP contribution in [0.15, 0.2) is 139 Å². The predicted octanol–water partition coefficient (Wildman–Crippen LogP) is 0.933. The second kappa shape index (κ2) is 20.1. The molecule has 0 fully saturated rings. The summed E-state index contributed by atoms with van der Waals surface area (Å²) in [5.41, 5.74) is 17.0. The fourth-order valence-corrected chi connectivity index (χ4v) is 6.94. The molecule has 24 nitrogen and oxygen atoms in total. The molecule has 6 rings (SSSR count). The molecular formula is C34H25N11Na2O13S3. The molecule has 0 aliphatic heterocycles. The fourth-order valence-electron chi connectivity index (χ4n) is 5.19. The predicted molar refractivity (Wildman–Crippen MR) is 215 cm³/mol. The van der Waals surface area contributed by atoms with Crippen LogP contribution < -0.4 is 89.4 Å². The summed E-state index contributed by atoms with van der Waals surface area (Å²) in [6, 6.07) is 21.3. The van der Waals surface area contributed by atoms with Crippen molar-refractivity contribution < 1.29 is 112 Å². The number of hydrogen-bond acceptors (Lipinski definition) is 22. The minimum atomic E-state index is -5.58. The third-order valence-electron chi connectivity index (χ3n) is 7.88. The van der Waals surface area contributed by atoms with E-state index in [2.05, 4.69) is 43.8 Å². The molecule has 0 aromatic heterocycles. The Bertz CT molecular complexity index is 3150. The minimum absolute atomic E-state index is 0. The van der Waals surface area contributed by atoms with Crippen LogP contribution in [0.3, 0.4) is 0 Å². The van der Waals surface area contributed by atoms with E-state index in [4.69, 9.17) is 17.2 Å². The first-order chi connectivity index (χ1) is 28.7. The maximum Gasteiger partial charge on any atom is 1.00 e. The molecule has 314 valence electrons. The summed E-state index contributed by atoms with van der Waals surface area (Å²) in [5, 5.41) is 45.0. The van der Waals surface area contributed by atoms with Crippen molar-refractivity contribution >= 4 is 104 Å². The first-order valence-electron chi connectivity index (χ1n) is 16.5. The van der Waals surface area contributed by atoms with E-state index in [0.717, 1.165) is 36.4 Å². The molecule has 0 radical (unpaired) electrons. The van der Waals surface area contributed by atoms with Gasteiger partial charge in [0, 0.05) is 23.5 Å². The van der Waals surface area contributed by atoms with Gasteiger partial charge in [0.05, 0.1) is 43.6 Å². The van der Waals surface area contributed by atoms with Crippen molar-refractivity contribution in [2.24, 2.45) is 30.7 Å². The molecule has 0 aliphatic carbocycles. The Morgan fingerprint density at radius 1 is 0.619 bits per heavy atom. The summed E-state index contributed by atoms with van der Waals surface area (Å²) in [5.74, 6) is -2.84. The van der Waals surface area contributed by atoms with Gasteiger partial charge in [-0.05, 0) is 96.4 Å². The summed E-state index contributed by atoms with van der Waals surface area (Å²) in [6.45, 7) is 0. The molecule has 0 aliphatic rings. The second-order valence-corrected chi connectivity index (χ2v) is 15.8. The molecule has 0 unspecified atom stereocenters. The van der Waals surface area contributed by atoms with E-state index in [0.29, 0.717) is 22.7 Å². The number of nitrogen functional groups attached to an aromatic ring is 3. The van der Waals surface area contributed by atoms with Crippen LogP contribution in [-0.2, 0) is 30.8 Å². The standard InChI is InChI=1S/C34H27N11O13S3.2Na/c35-19-1-14-27(26(36)17-19)41-38-20-2-4-23(5-3-20)44-59(49,50)25-12-8-22(9-13-25)40-43-33-29(58-61(54,55)56)16-18-15-28(57-60(51,52)53)32(31(37)30(18)34(33)46)42-39-21-6-10-24(11-7-21)45(47)48;;/h1-17,44,46H,35-37H2,(H,51,52,53)(H,54,55,56);;/q;2*+1/p-2. The van der Waals surface area contributed by atoms with E-state index < -0.39 is 75.4 Å². The number of fused-ring (bicyclic) bond motifs is 1. The van der Waals surface area contributed by atoms with Crippen molar-refractivity contribution in [3.05, 3.63) is 113 Å². The van der Waals surface area contributed by atoms with E-state index in [1.54, 1.807) is 12.1 Å². The number of nitrogens with two attached hydrogens (primary N) is 3. The average molecular weight is 938 g/mol. The molecule has 6 aromatic rings. The molecule has 0 spiro atoms. The molecule has 63 heavy (non-hydrogen) atoms. The van der Waals surface area contributed by atoms with E-state index in [1.807, 2.05) is 0 Å². The Hall–Kier alpha value is -5.85. The maximum atomic E-state index is 13.1. The molecule has 0 bridgehead atoms. The number of non-ortho nitro benzene ring substituents is 1. The van der Waals surface area contributed by atoms with Gasteiger partial charge in [-0.2, -0.15) is 15.3 Å². The zero-order valence-corrected chi connectivity index (χ0v) is 38.7. The summed E-state index contributed by atoms with van der Waals surface area (Å²) in [4.78, 5) is 10.1. The molecule has 8 N–H and O–H groups in total. The zero-order valence-electron chi connectivity index (χ0n) is 32.2. The van der Waals surface area contributed by atoms with Crippen molar-refractivity contribution in [1.82, 2.24) is 0 Å². The maximum absolute atomic E-state index is 13.1. The number of aromatic hydroxyl groups is 1. The summed E-state index contributed by atoms with van der Waals surface area (Å²) in [7, 11) is -15.3. The van der Waals surface area contributed by atoms with Gasteiger partial charge in [-0.15, -0.1) is 15.3 Å². The van der Waals surface area contributed by atoms with Crippen molar-refractivity contribution in [3.63, 3.8) is 0 Å². The van der Waals surface area contributed by atoms with E-state index in [-0.39, 0.29) is 92.1 Å². The monoisotopic (exact) mass is 937 g/mol. The third kappa shape index (κ3) is 12.9. The van der Waals surface area contributed by atoms with Crippen molar-refractivity contribution in [2.45, 2.75) is 4.90 Å². The van der Waals surface area contributed by atoms with Crippen LogP contribution in [0.1, 0.15) is 0 Å². The largest absolute Gasteiger partial charge is 1.00 e. The summed E-state index contributed by atoms with van der Waals surface area (Å²) >= 11 is 0. The number of phenols is 1. The van der Waals surface area contributed by atoms with E-state index in [9.17, 15) is 49.6 Å². The Kier molecular flexibility index (Phi) is 15.9. The molecule has 29 heteroatoms. The van der Waals surface area contributed by atoms with E-state index in [1.165, 1.54) is 54.6 Å². The van der Waals surface area contributed by atoms with E-state index >= 15 is 0 Å². The van der Waals surface area contributed by atoms with Gasteiger partial charge in [-0.3, -0.25) is 14.8 Å². The first kappa shape index (κ1) is 49.8. The number of nitrogens with zero attached hydrogens (tertiary/aromatic N) is 7. The molecule has 0 saturated heterocycles. The number of benzene rings is 6.